The highest BCUT2D eigenvalue weighted by atomic mass is 32.2. The number of carboxylic acid groups (broad SMARTS) is 1. The standard InChI is InChI=1S/C14H22N4O5S/c1-10-15-12(8-16(10)2)24(22,23)18-6-4-11(5-7-18)14(21)17(3)9-13(19)20/h8,11H,4-7,9H2,1-3H3,(H,19,20). The van der Waals surface area contributed by atoms with Crippen LogP contribution >= 0.6 is 0 Å². The van der Waals surface area contributed by atoms with E-state index in [0.717, 1.165) is 0 Å². The molecule has 0 aromatic carbocycles. The number of hydrogen-bond donors (Lipinski definition) is 1. The monoisotopic (exact) mass is 358 g/mol. The lowest BCUT2D eigenvalue weighted by Gasteiger charge is -2.31. The van der Waals surface area contributed by atoms with E-state index in [2.05, 4.69) is 4.98 Å². The van der Waals surface area contributed by atoms with E-state index in [1.165, 1.54) is 22.4 Å². The van der Waals surface area contributed by atoms with Crippen molar-refractivity contribution in [2.75, 3.05) is 26.7 Å². The fraction of sp³-hybridized carbons (Fsp3) is 0.643. The van der Waals surface area contributed by atoms with Crippen molar-refractivity contribution in [3.05, 3.63) is 12.0 Å². The summed E-state index contributed by atoms with van der Waals surface area (Å²) in [5.41, 5.74) is 0. The molecule has 9 nitrogen and oxygen atoms in total. The van der Waals surface area contributed by atoms with Gasteiger partial charge in [-0.2, -0.15) is 4.31 Å². The summed E-state index contributed by atoms with van der Waals surface area (Å²) < 4.78 is 28.1. The number of piperidine rings is 1. The molecule has 2 heterocycles. The SMILES string of the molecule is Cc1nc(S(=O)(=O)N2CCC(C(=O)N(C)CC(=O)O)CC2)cn1C. The third-order valence-electron chi connectivity index (χ3n) is 4.24. The maximum atomic E-state index is 12.6. The number of carboxylic acids is 1. The van der Waals surface area contributed by atoms with E-state index in [1.54, 1.807) is 18.5 Å². The average molecular weight is 358 g/mol. The summed E-state index contributed by atoms with van der Waals surface area (Å²) in [5, 5.41) is 8.75. The highest BCUT2D eigenvalue weighted by Gasteiger charge is 2.34. The molecule has 1 aliphatic heterocycles. The normalized spacial score (nSPS) is 17.0. The van der Waals surface area contributed by atoms with Crippen LogP contribution < -0.4 is 0 Å². The van der Waals surface area contributed by atoms with Crippen LogP contribution in [0.1, 0.15) is 18.7 Å². The smallest absolute Gasteiger partial charge is 0.323 e. The summed E-state index contributed by atoms with van der Waals surface area (Å²) in [6.45, 7) is 1.80. The first kappa shape index (κ1) is 18.4. The van der Waals surface area contributed by atoms with Crippen LogP contribution in [-0.2, 0) is 26.7 Å². The van der Waals surface area contributed by atoms with E-state index in [9.17, 15) is 18.0 Å². The van der Waals surface area contributed by atoms with E-state index >= 15 is 0 Å². The third kappa shape index (κ3) is 3.75. The molecule has 1 aliphatic rings. The Morgan fingerprint density at radius 3 is 2.42 bits per heavy atom. The number of nitrogens with zero attached hydrogens (tertiary/aromatic N) is 4. The van der Waals surface area contributed by atoms with Gasteiger partial charge in [-0.25, -0.2) is 13.4 Å². The van der Waals surface area contributed by atoms with E-state index in [1.807, 2.05) is 0 Å². The summed E-state index contributed by atoms with van der Waals surface area (Å²) in [5.74, 6) is -1.08. The van der Waals surface area contributed by atoms with Gasteiger partial charge in [0.15, 0.2) is 5.03 Å². The van der Waals surface area contributed by atoms with E-state index in [-0.39, 0.29) is 36.5 Å². The minimum Gasteiger partial charge on any atom is -0.480 e. The topological polar surface area (TPSA) is 113 Å². The first-order chi connectivity index (χ1) is 11.1. The summed E-state index contributed by atoms with van der Waals surface area (Å²) in [6.07, 6.45) is 2.21. The molecule has 0 unspecified atom stereocenters. The Balaban J connectivity index is 2.02. The van der Waals surface area contributed by atoms with E-state index in [0.29, 0.717) is 18.7 Å². The molecule has 0 bridgehead atoms. The number of aromatic nitrogens is 2. The van der Waals surface area contributed by atoms with Crippen LogP contribution in [0.4, 0.5) is 0 Å². The number of imidazole rings is 1. The predicted octanol–water partition coefficient (Wildman–Crippen LogP) is -0.328. The zero-order valence-corrected chi connectivity index (χ0v) is 14.8. The number of sulfonamides is 1. The Morgan fingerprint density at radius 2 is 1.96 bits per heavy atom. The number of carbonyl (C=O) groups excluding carboxylic acids is 1. The predicted molar refractivity (Wildman–Crippen MR) is 84.7 cm³/mol. The first-order valence-corrected chi connectivity index (χ1v) is 9.04. The maximum Gasteiger partial charge on any atom is 0.323 e. The highest BCUT2D eigenvalue weighted by Crippen LogP contribution is 2.24. The molecule has 1 amide bonds. The maximum absolute atomic E-state index is 12.6. The van der Waals surface area contributed by atoms with Crippen LogP contribution in [-0.4, -0.2) is 70.8 Å². The Hall–Kier alpha value is -1.94. The Kier molecular flexibility index (Phi) is 5.29. The second-order valence-corrected chi connectivity index (χ2v) is 7.89. The van der Waals surface area contributed by atoms with E-state index in [4.69, 9.17) is 5.11 Å². The molecule has 0 aliphatic carbocycles. The van der Waals surface area contributed by atoms with Crippen LogP contribution in [0.15, 0.2) is 11.2 Å². The fourth-order valence-corrected chi connectivity index (χ4v) is 4.21. The average Bonchev–Trinajstić information content (AvgIpc) is 2.86. The number of aliphatic carboxylic acids is 1. The highest BCUT2D eigenvalue weighted by molar-refractivity contribution is 7.89. The number of aryl methyl sites for hydroxylation is 2. The van der Waals surface area contributed by atoms with Gasteiger partial charge in [-0.1, -0.05) is 0 Å². The number of likely N-dealkylation sites (N-methyl/N-ethyl adjacent to an activating group) is 1. The Bertz CT molecular complexity index is 715. The second kappa shape index (κ2) is 6.89. The molecule has 1 N–H and O–H groups in total. The van der Waals surface area contributed by atoms with Gasteiger partial charge >= 0.3 is 5.97 Å². The van der Waals surface area contributed by atoms with Gasteiger partial charge in [0.1, 0.15) is 12.4 Å². The molecule has 2 rings (SSSR count). The number of carbonyl (C=O) groups is 2. The number of rotatable bonds is 5. The van der Waals surface area contributed by atoms with Crippen LogP contribution in [0.3, 0.4) is 0 Å². The minimum atomic E-state index is -3.67. The van der Waals surface area contributed by atoms with Crippen molar-refractivity contribution in [3.63, 3.8) is 0 Å². The van der Waals surface area contributed by atoms with Crippen LogP contribution in [0.2, 0.25) is 0 Å². The molecule has 0 spiro atoms. The molecule has 10 heteroatoms. The molecule has 134 valence electrons. The lowest BCUT2D eigenvalue weighted by molar-refractivity contribution is -0.145. The molecule has 0 radical (unpaired) electrons. The van der Waals surface area contributed by atoms with Gasteiger partial charge in [-0.3, -0.25) is 9.59 Å². The van der Waals surface area contributed by atoms with Gasteiger partial charge in [0.25, 0.3) is 10.0 Å². The van der Waals surface area contributed by atoms with Gasteiger partial charge in [0.2, 0.25) is 5.91 Å². The van der Waals surface area contributed by atoms with Crippen molar-refractivity contribution in [3.8, 4) is 0 Å². The van der Waals surface area contributed by atoms with Crippen LogP contribution in [0, 0.1) is 12.8 Å². The molecule has 1 saturated heterocycles. The van der Waals surface area contributed by atoms with E-state index < -0.39 is 16.0 Å². The molecule has 24 heavy (non-hydrogen) atoms. The molecule has 1 aromatic heterocycles. The number of amides is 1. The molecular weight excluding hydrogens is 336 g/mol. The zero-order chi connectivity index (χ0) is 18.1. The third-order valence-corrected chi connectivity index (χ3v) is 6.01. The molecule has 1 fully saturated rings. The largest absolute Gasteiger partial charge is 0.480 e. The molecule has 0 atom stereocenters. The quantitative estimate of drug-likeness (QED) is 0.771. The van der Waals surface area contributed by atoms with Gasteiger partial charge in [0.05, 0.1) is 0 Å². The molecular formula is C14H22N4O5S. The van der Waals surface area contributed by atoms with Gasteiger partial charge in [0, 0.05) is 39.3 Å². The fourth-order valence-electron chi connectivity index (χ4n) is 2.72. The van der Waals surface area contributed by atoms with Crippen molar-refractivity contribution < 1.29 is 23.1 Å². The summed E-state index contributed by atoms with van der Waals surface area (Å²) in [4.78, 5) is 28.1. The van der Waals surface area contributed by atoms with Crippen molar-refractivity contribution in [2.24, 2.45) is 13.0 Å². The molecule has 1 aromatic rings. The summed E-state index contributed by atoms with van der Waals surface area (Å²) in [7, 11) is -0.502. The first-order valence-electron chi connectivity index (χ1n) is 7.60. The lowest BCUT2D eigenvalue weighted by Crippen LogP contribution is -2.44. The van der Waals surface area contributed by atoms with Crippen molar-refractivity contribution >= 4 is 21.9 Å². The minimum absolute atomic E-state index is 0.00951. The van der Waals surface area contributed by atoms with Gasteiger partial charge in [-0.15, -0.1) is 0 Å². The Labute approximate surface area is 140 Å². The second-order valence-electron chi connectivity index (χ2n) is 6.00. The van der Waals surface area contributed by atoms with Crippen LogP contribution in [0.25, 0.3) is 0 Å². The van der Waals surface area contributed by atoms with Crippen molar-refractivity contribution in [2.45, 2.75) is 24.8 Å². The van der Waals surface area contributed by atoms with Gasteiger partial charge < -0.3 is 14.6 Å². The van der Waals surface area contributed by atoms with Crippen LogP contribution in [0.5, 0.6) is 0 Å². The van der Waals surface area contributed by atoms with Gasteiger partial charge in [-0.05, 0) is 19.8 Å². The lowest BCUT2D eigenvalue weighted by atomic mass is 9.97. The zero-order valence-electron chi connectivity index (χ0n) is 14.0. The van der Waals surface area contributed by atoms with Crippen molar-refractivity contribution in [1.82, 2.24) is 18.8 Å². The molecule has 0 saturated carbocycles. The number of hydrogen-bond acceptors (Lipinski definition) is 5. The van der Waals surface area contributed by atoms with Crippen molar-refractivity contribution in [1.29, 1.82) is 0 Å². The summed E-state index contributed by atoms with van der Waals surface area (Å²) in [6, 6.07) is 0. The Morgan fingerprint density at radius 1 is 1.38 bits per heavy atom. The summed E-state index contributed by atoms with van der Waals surface area (Å²) >= 11 is 0.